The van der Waals surface area contributed by atoms with Crippen LogP contribution >= 0.6 is 11.3 Å². The van der Waals surface area contributed by atoms with Crippen LogP contribution in [0.15, 0.2) is 35.8 Å². The van der Waals surface area contributed by atoms with Crippen LogP contribution in [0, 0.1) is 0 Å². The van der Waals surface area contributed by atoms with E-state index in [2.05, 4.69) is 10.3 Å². The zero-order valence-corrected chi connectivity index (χ0v) is 14.2. The first-order valence-corrected chi connectivity index (χ1v) is 9.77. The third-order valence-corrected chi connectivity index (χ3v) is 6.41. The van der Waals surface area contributed by atoms with E-state index >= 15 is 0 Å². The van der Waals surface area contributed by atoms with Gasteiger partial charge in [-0.05, 0) is 24.5 Å². The standard InChI is InChI=1S/C15H17N3O3S2/c1-2-23(20,21)18-10-12-6-4-3-5-11(12)9-13(18)14(19)17-15-16-7-8-22-15/h3-8,13H,2,9-10H2,1H3,(H,16,17,19)/t13-/m0/s1. The highest BCUT2D eigenvalue weighted by Crippen LogP contribution is 2.27. The second kappa shape index (κ2) is 6.38. The molecule has 1 aliphatic heterocycles. The number of nitrogens with one attached hydrogen (secondary N) is 1. The highest BCUT2D eigenvalue weighted by Gasteiger charge is 2.38. The van der Waals surface area contributed by atoms with E-state index in [1.807, 2.05) is 24.3 Å². The number of carbonyl (C=O) groups is 1. The number of sulfonamides is 1. The SMILES string of the molecule is CCS(=O)(=O)N1Cc2ccccc2C[C@H]1C(=O)Nc1nccs1. The molecule has 0 bridgehead atoms. The minimum atomic E-state index is -3.48. The molecule has 0 unspecified atom stereocenters. The molecule has 1 N–H and O–H groups in total. The quantitative estimate of drug-likeness (QED) is 0.912. The first kappa shape index (κ1) is 16.1. The fourth-order valence-electron chi connectivity index (χ4n) is 2.65. The molecule has 1 aromatic heterocycles. The molecular formula is C15H17N3O3S2. The van der Waals surface area contributed by atoms with Gasteiger partial charge in [-0.15, -0.1) is 11.3 Å². The summed E-state index contributed by atoms with van der Waals surface area (Å²) in [5, 5.41) is 4.94. The van der Waals surface area contributed by atoms with Gasteiger partial charge in [0.1, 0.15) is 6.04 Å². The Hall–Kier alpha value is -1.77. The van der Waals surface area contributed by atoms with Crippen molar-refractivity contribution in [1.82, 2.24) is 9.29 Å². The van der Waals surface area contributed by atoms with Crippen LogP contribution in [0.1, 0.15) is 18.1 Å². The van der Waals surface area contributed by atoms with Gasteiger partial charge in [0.15, 0.2) is 5.13 Å². The van der Waals surface area contributed by atoms with Crippen LogP contribution < -0.4 is 5.32 Å². The average molecular weight is 351 g/mol. The molecule has 2 aromatic rings. The summed E-state index contributed by atoms with van der Waals surface area (Å²) < 4.78 is 26.1. The van der Waals surface area contributed by atoms with E-state index in [0.717, 1.165) is 11.1 Å². The molecule has 0 aliphatic carbocycles. The van der Waals surface area contributed by atoms with E-state index in [9.17, 15) is 13.2 Å². The number of nitrogens with zero attached hydrogens (tertiary/aromatic N) is 2. The van der Waals surface area contributed by atoms with Gasteiger partial charge in [0, 0.05) is 18.1 Å². The summed E-state index contributed by atoms with van der Waals surface area (Å²) >= 11 is 1.30. The van der Waals surface area contributed by atoms with Gasteiger partial charge in [-0.3, -0.25) is 4.79 Å². The number of aromatic nitrogens is 1. The van der Waals surface area contributed by atoms with Gasteiger partial charge in [0.25, 0.3) is 0 Å². The fourth-order valence-corrected chi connectivity index (χ4v) is 4.41. The monoisotopic (exact) mass is 351 g/mol. The number of anilines is 1. The Morgan fingerprint density at radius 1 is 1.39 bits per heavy atom. The largest absolute Gasteiger partial charge is 0.301 e. The zero-order valence-electron chi connectivity index (χ0n) is 12.6. The highest BCUT2D eigenvalue weighted by molar-refractivity contribution is 7.89. The smallest absolute Gasteiger partial charge is 0.244 e. The molecule has 0 fully saturated rings. The summed E-state index contributed by atoms with van der Waals surface area (Å²) in [5.74, 6) is -0.373. The molecule has 0 saturated carbocycles. The van der Waals surface area contributed by atoms with Crippen LogP contribution in [0.5, 0.6) is 0 Å². The van der Waals surface area contributed by atoms with Gasteiger partial charge in [0.2, 0.25) is 15.9 Å². The molecule has 3 rings (SSSR count). The van der Waals surface area contributed by atoms with Crippen LogP contribution in [0.3, 0.4) is 0 Å². The van der Waals surface area contributed by atoms with Crippen LogP contribution in [0.2, 0.25) is 0 Å². The van der Waals surface area contributed by atoms with Crippen molar-refractivity contribution in [3.63, 3.8) is 0 Å². The predicted molar refractivity (Wildman–Crippen MR) is 89.7 cm³/mol. The third kappa shape index (κ3) is 3.29. The Bertz CT molecular complexity index is 803. The summed E-state index contributed by atoms with van der Waals surface area (Å²) in [6.45, 7) is 1.81. The molecule has 6 nitrogen and oxygen atoms in total. The van der Waals surface area contributed by atoms with E-state index in [4.69, 9.17) is 0 Å². The van der Waals surface area contributed by atoms with E-state index in [1.54, 1.807) is 18.5 Å². The maximum Gasteiger partial charge on any atom is 0.244 e. The second-order valence-electron chi connectivity index (χ2n) is 5.26. The van der Waals surface area contributed by atoms with Crippen molar-refractivity contribution in [2.45, 2.75) is 25.9 Å². The Morgan fingerprint density at radius 3 is 2.78 bits per heavy atom. The number of thiazole rings is 1. The number of amides is 1. The van der Waals surface area contributed by atoms with Gasteiger partial charge < -0.3 is 5.32 Å². The van der Waals surface area contributed by atoms with Crippen molar-refractivity contribution in [3.05, 3.63) is 47.0 Å². The molecule has 1 aromatic carbocycles. The molecule has 23 heavy (non-hydrogen) atoms. The molecule has 1 atom stereocenters. The normalized spacial score (nSPS) is 18.4. The molecule has 0 radical (unpaired) electrons. The Morgan fingerprint density at radius 2 is 2.13 bits per heavy atom. The van der Waals surface area contributed by atoms with Gasteiger partial charge >= 0.3 is 0 Å². The van der Waals surface area contributed by atoms with Crippen LogP contribution in [-0.4, -0.2) is 35.4 Å². The topological polar surface area (TPSA) is 79.4 Å². The maximum absolute atomic E-state index is 12.6. The van der Waals surface area contributed by atoms with Crippen molar-refractivity contribution in [2.24, 2.45) is 0 Å². The zero-order chi connectivity index (χ0) is 16.4. The molecule has 1 aliphatic rings. The predicted octanol–water partition coefficient (Wildman–Crippen LogP) is 1.86. The molecule has 122 valence electrons. The van der Waals surface area contributed by atoms with Crippen LogP contribution in [0.4, 0.5) is 5.13 Å². The lowest BCUT2D eigenvalue weighted by molar-refractivity contribution is -0.120. The number of fused-ring (bicyclic) bond motifs is 1. The van der Waals surface area contributed by atoms with Gasteiger partial charge in [-0.25, -0.2) is 13.4 Å². The summed E-state index contributed by atoms with van der Waals surface area (Å²) in [7, 11) is -3.48. The first-order chi connectivity index (χ1) is 11.0. The third-order valence-electron chi connectivity index (χ3n) is 3.89. The summed E-state index contributed by atoms with van der Waals surface area (Å²) in [4.78, 5) is 16.6. The highest BCUT2D eigenvalue weighted by atomic mass is 32.2. The van der Waals surface area contributed by atoms with E-state index in [1.165, 1.54) is 15.6 Å². The summed E-state index contributed by atoms with van der Waals surface area (Å²) in [6.07, 6.45) is 1.96. The Balaban J connectivity index is 1.93. The molecule has 2 heterocycles. The summed E-state index contributed by atoms with van der Waals surface area (Å²) in [6, 6.07) is 6.88. The van der Waals surface area contributed by atoms with Gasteiger partial charge in [-0.1, -0.05) is 24.3 Å². The fraction of sp³-hybridized carbons (Fsp3) is 0.333. The number of hydrogen-bond donors (Lipinski definition) is 1. The van der Waals surface area contributed by atoms with Crippen LogP contribution in [-0.2, 0) is 27.8 Å². The van der Waals surface area contributed by atoms with E-state index in [-0.39, 0.29) is 18.2 Å². The number of carbonyl (C=O) groups excluding carboxylic acids is 1. The van der Waals surface area contributed by atoms with Gasteiger partial charge in [0.05, 0.1) is 5.75 Å². The first-order valence-electron chi connectivity index (χ1n) is 7.28. The lowest BCUT2D eigenvalue weighted by atomic mass is 9.95. The average Bonchev–Trinajstić information content (AvgIpc) is 3.06. The summed E-state index contributed by atoms with van der Waals surface area (Å²) in [5.41, 5.74) is 1.96. The number of hydrogen-bond acceptors (Lipinski definition) is 5. The maximum atomic E-state index is 12.6. The Kier molecular flexibility index (Phi) is 4.47. The van der Waals surface area contributed by atoms with E-state index in [0.29, 0.717) is 11.6 Å². The van der Waals surface area contributed by atoms with Crippen molar-refractivity contribution in [2.75, 3.05) is 11.1 Å². The van der Waals surface area contributed by atoms with Crippen molar-refractivity contribution >= 4 is 32.4 Å². The van der Waals surface area contributed by atoms with Crippen molar-refractivity contribution < 1.29 is 13.2 Å². The van der Waals surface area contributed by atoms with Gasteiger partial charge in [-0.2, -0.15) is 4.31 Å². The Labute approximate surface area is 139 Å². The lowest BCUT2D eigenvalue weighted by Gasteiger charge is -2.34. The minimum Gasteiger partial charge on any atom is -0.301 e. The lowest BCUT2D eigenvalue weighted by Crippen LogP contribution is -2.51. The van der Waals surface area contributed by atoms with Crippen molar-refractivity contribution in [3.8, 4) is 0 Å². The molecule has 1 amide bonds. The minimum absolute atomic E-state index is 0.0315. The molecule has 0 spiro atoms. The second-order valence-corrected chi connectivity index (χ2v) is 8.37. The van der Waals surface area contributed by atoms with E-state index < -0.39 is 16.1 Å². The number of benzene rings is 1. The number of rotatable bonds is 4. The molecular weight excluding hydrogens is 334 g/mol. The van der Waals surface area contributed by atoms with Crippen LogP contribution in [0.25, 0.3) is 0 Å². The molecule has 0 saturated heterocycles. The molecule has 8 heteroatoms. The van der Waals surface area contributed by atoms with Crippen molar-refractivity contribution in [1.29, 1.82) is 0 Å².